The first-order chi connectivity index (χ1) is 13.9. The number of likely N-dealkylation sites (tertiary alicyclic amines) is 1. The molecule has 7 nitrogen and oxygen atoms in total. The van der Waals surface area contributed by atoms with Crippen molar-refractivity contribution in [1.82, 2.24) is 9.88 Å². The van der Waals surface area contributed by atoms with Crippen LogP contribution >= 0.6 is 0 Å². The molecule has 1 aromatic heterocycles. The quantitative estimate of drug-likeness (QED) is 0.724. The molecule has 0 aliphatic carbocycles. The van der Waals surface area contributed by atoms with Gasteiger partial charge in [0, 0.05) is 25.6 Å². The van der Waals surface area contributed by atoms with Gasteiger partial charge in [-0.25, -0.2) is 9.37 Å². The average molecular weight is 400 g/mol. The van der Waals surface area contributed by atoms with E-state index in [1.165, 1.54) is 19.2 Å². The zero-order valence-electron chi connectivity index (χ0n) is 16.6. The minimum atomic E-state index is -0.535. The summed E-state index contributed by atoms with van der Waals surface area (Å²) in [4.78, 5) is 30.7. The van der Waals surface area contributed by atoms with Crippen LogP contribution in [0, 0.1) is 5.82 Å². The first kappa shape index (κ1) is 20.6. The Kier molecular flexibility index (Phi) is 6.31. The predicted octanol–water partition coefficient (Wildman–Crippen LogP) is 2.86. The second-order valence-electron chi connectivity index (χ2n) is 6.96. The Morgan fingerprint density at radius 1 is 1.24 bits per heavy atom. The lowest BCUT2D eigenvalue weighted by molar-refractivity contribution is -0.131. The Hall–Kier alpha value is -3.16. The number of halogens is 1. The fraction of sp³-hybridized carbons (Fsp3) is 0.381. The number of piperidine rings is 1. The highest BCUT2D eigenvalue weighted by Crippen LogP contribution is 2.26. The van der Waals surface area contributed by atoms with Crippen LogP contribution in [-0.2, 0) is 4.79 Å². The molecule has 1 amide bonds. The summed E-state index contributed by atoms with van der Waals surface area (Å²) in [6.07, 6.45) is 2.14. The summed E-state index contributed by atoms with van der Waals surface area (Å²) in [5.74, 6) is 0.0689. The van der Waals surface area contributed by atoms with Gasteiger partial charge < -0.3 is 20.7 Å². The van der Waals surface area contributed by atoms with Crippen molar-refractivity contribution in [2.24, 2.45) is 0 Å². The molecule has 0 spiro atoms. The molecule has 154 valence electrons. The molecular formula is C21H25FN4O3. The van der Waals surface area contributed by atoms with Crippen LogP contribution in [0.25, 0.3) is 0 Å². The number of aromatic nitrogens is 1. The van der Waals surface area contributed by atoms with Crippen LogP contribution in [0.2, 0.25) is 0 Å². The number of pyridine rings is 1. The van der Waals surface area contributed by atoms with Gasteiger partial charge in [-0.05, 0) is 43.2 Å². The molecule has 0 unspecified atom stereocenters. The number of nitrogens with zero attached hydrogens (tertiary/aromatic N) is 2. The lowest BCUT2D eigenvalue weighted by atomic mass is 10.0. The number of ketones is 1. The largest absolute Gasteiger partial charge is 0.496 e. The standard InChI is InChI=1S/C21H25FN4O3/c1-3-19(27)26-10-8-14(9-11-26)24-18-7-5-15(21(23)25-18)20(28)16-12-13(22)4-6-17(16)29-2/h4-7,12,14H,3,8-11H2,1-2H3,(H3,23,24,25). The Morgan fingerprint density at radius 2 is 1.97 bits per heavy atom. The molecule has 0 saturated carbocycles. The van der Waals surface area contributed by atoms with Crippen LogP contribution in [0.1, 0.15) is 42.1 Å². The fourth-order valence-electron chi connectivity index (χ4n) is 3.46. The first-order valence-corrected chi connectivity index (χ1v) is 9.62. The van der Waals surface area contributed by atoms with E-state index >= 15 is 0 Å². The number of hydrogen-bond donors (Lipinski definition) is 2. The van der Waals surface area contributed by atoms with Crippen LogP contribution in [0.5, 0.6) is 5.75 Å². The van der Waals surface area contributed by atoms with Crippen molar-refractivity contribution in [3.63, 3.8) is 0 Å². The van der Waals surface area contributed by atoms with E-state index < -0.39 is 11.6 Å². The average Bonchev–Trinajstić information content (AvgIpc) is 2.73. The van der Waals surface area contributed by atoms with Gasteiger partial charge in [-0.15, -0.1) is 0 Å². The minimum Gasteiger partial charge on any atom is -0.496 e. The Bertz CT molecular complexity index is 911. The maximum atomic E-state index is 13.6. The van der Waals surface area contributed by atoms with E-state index in [9.17, 15) is 14.0 Å². The third kappa shape index (κ3) is 4.64. The van der Waals surface area contributed by atoms with E-state index in [-0.39, 0.29) is 34.6 Å². The molecule has 29 heavy (non-hydrogen) atoms. The second-order valence-corrected chi connectivity index (χ2v) is 6.96. The number of methoxy groups -OCH3 is 1. The van der Waals surface area contributed by atoms with E-state index in [1.807, 2.05) is 11.8 Å². The molecule has 2 heterocycles. The van der Waals surface area contributed by atoms with Crippen molar-refractivity contribution in [3.8, 4) is 5.75 Å². The van der Waals surface area contributed by atoms with Crippen molar-refractivity contribution < 1.29 is 18.7 Å². The van der Waals surface area contributed by atoms with E-state index in [2.05, 4.69) is 10.3 Å². The lowest BCUT2D eigenvalue weighted by Gasteiger charge is -2.32. The lowest BCUT2D eigenvalue weighted by Crippen LogP contribution is -2.42. The van der Waals surface area contributed by atoms with Crippen LogP contribution in [0.3, 0.4) is 0 Å². The third-order valence-corrected chi connectivity index (χ3v) is 5.08. The molecule has 1 aliphatic heterocycles. The number of carbonyl (C=O) groups is 2. The molecule has 0 atom stereocenters. The molecule has 3 rings (SSSR count). The topological polar surface area (TPSA) is 97.5 Å². The summed E-state index contributed by atoms with van der Waals surface area (Å²) in [5, 5.41) is 3.31. The van der Waals surface area contributed by atoms with Crippen molar-refractivity contribution in [1.29, 1.82) is 0 Å². The Morgan fingerprint density at radius 3 is 2.59 bits per heavy atom. The number of benzene rings is 1. The number of amides is 1. The second kappa shape index (κ2) is 8.89. The number of nitrogens with two attached hydrogens (primary N) is 1. The molecule has 1 fully saturated rings. The predicted molar refractivity (Wildman–Crippen MR) is 109 cm³/mol. The van der Waals surface area contributed by atoms with Gasteiger partial charge in [0.25, 0.3) is 0 Å². The monoisotopic (exact) mass is 400 g/mol. The molecular weight excluding hydrogens is 375 g/mol. The highest BCUT2D eigenvalue weighted by molar-refractivity contribution is 6.13. The molecule has 1 saturated heterocycles. The highest BCUT2D eigenvalue weighted by Gasteiger charge is 2.23. The van der Waals surface area contributed by atoms with Gasteiger partial charge in [-0.2, -0.15) is 0 Å². The zero-order valence-corrected chi connectivity index (χ0v) is 16.6. The summed E-state index contributed by atoms with van der Waals surface area (Å²) in [5.41, 5.74) is 6.29. The van der Waals surface area contributed by atoms with Crippen LogP contribution in [0.15, 0.2) is 30.3 Å². The van der Waals surface area contributed by atoms with Gasteiger partial charge in [0.15, 0.2) is 0 Å². The maximum Gasteiger partial charge on any atom is 0.222 e. The third-order valence-electron chi connectivity index (χ3n) is 5.08. The van der Waals surface area contributed by atoms with Gasteiger partial charge in [-0.3, -0.25) is 9.59 Å². The summed E-state index contributed by atoms with van der Waals surface area (Å²) in [6.45, 7) is 3.27. The molecule has 0 radical (unpaired) electrons. The van der Waals surface area contributed by atoms with Crippen molar-refractivity contribution in [2.75, 3.05) is 31.2 Å². The highest BCUT2D eigenvalue weighted by atomic mass is 19.1. The van der Waals surface area contributed by atoms with Crippen molar-refractivity contribution in [3.05, 3.63) is 47.3 Å². The van der Waals surface area contributed by atoms with E-state index in [0.717, 1.165) is 18.9 Å². The van der Waals surface area contributed by atoms with E-state index in [1.54, 1.807) is 12.1 Å². The number of nitrogen functional groups attached to an aromatic ring is 1. The molecule has 8 heteroatoms. The van der Waals surface area contributed by atoms with Crippen molar-refractivity contribution in [2.45, 2.75) is 32.2 Å². The fourth-order valence-corrected chi connectivity index (χ4v) is 3.46. The van der Waals surface area contributed by atoms with Crippen LogP contribution in [-0.4, -0.2) is 47.8 Å². The summed E-state index contributed by atoms with van der Waals surface area (Å²) in [6, 6.07) is 7.18. The van der Waals surface area contributed by atoms with Gasteiger partial charge in [0.05, 0.1) is 18.2 Å². The molecule has 2 aromatic rings. The van der Waals surface area contributed by atoms with Gasteiger partial charge in [0.1, 0.15) is 23.2 Å². The molecule has 1 aromatic carbocycles. The number of rotatable bonds is 6. The van der Waals surface area contributed by atoms with Gasteiger partial charge >= 0.3 is 0 Å². The first-order valence-electron chi connectivity index (χ1n) is 9.62. The smallest absolute Gasteiger partial charge is 0.222 e. The van der Waals surface area contributed by atoms with E-state index in [0.29, 0.717) is 25.3 Å². The zero-order chi connectivity index (χ0) is 21.0. The number of hydrogen-bond acceptors (Lipinski definition) is 6. The summed E-state index contributed by atoms with van der Waals surface area (Å²) < 4.78 is 18.7. The number of carbonyl (C=O) groups excluding carboxylic acids is 2. The number of anilines is 2. The molecule has 3 N–H and O–H groups in total. The number of nitrogens with one attached hydrogen (secondary N) is 1. The normalized spacial score (nSPS) is 14.5. The summed E-state index contributed by atoms with van der Waals surface area (Å²) >= 11 is 0. The van der Waals surface area contributed by atoms with E-state index in [4.69, 9.17) is 10.5 Å². The van der Waals surface area contributed by atoms with Gasteiger partial charge in [-0.1, -0.05) is 6.92 Å². The SMILES string of the molecule is CCC(=O)N1CCC(Nc2ccc(C(=O)c3cc(F)ccc3OC)c(N)n2)CC1. The Balaban J connectivity index is 1.70. The number of ether oxygens (including phenoxy) is 1. The maximum absolute atomic E-state index is 13.6. The van der Waals surface area contributed by atoms with Crippen LogP contribution in [0.4, 0.5) is 16.0 Å². The summed E-state index contributed by atoms with van der Waals surface area (Å²) in [7, 11) is 1.41. The van der Waals surface area contributed by atoms with Crippen molar-refractivity contribution >= 4 is 23.3 Å². The molecule has 1 aliphatic rings. The minimum absolute atomic E-state index is 0.0601. The van der Waals surface area contributed by atoms with Crippen LogP contribution < -0.4 is 15.8 Å². The molecule has 0 bridgehead atoms. The Labute approximate surface area is 169 Å². The van der Waals surface area contributed by atoms with Gasteiger partial charge in [0.2, 0.25) is 11.7 Å².